The van der Waals surface area contributed by atoms with Crippen LogP contribution in [0.15, 0.2) is 24.3 Å². The molecule has 0 spiro atoms. The van der Waals surface area contributed by atoms with Crippen molar-refractivity contribution in [1.29, 1.82) is 0 Å². The van der Waals surface area contributed by atoms with E-state index in [2.05, 4.69) is 10.6 Å². The van der Waals surface area contributed by atoms with Gasteiger partial charge in [0.1, 0.15) is 0 Å². The van der Waals surface area contributed by atoms with Crippen molar-refractivity contribution in [3.05, 3.63) is 24.3 Å². The highest BCUT2D eigenvalue weighted by atomic mass is 16.3. The standard InChI is InChI=1S/C12H17N3O3/c16-8-9(17)7-14-10-3-1-2-4-11(10)15-6-5-13-12(15)18/h1-4,9,14,16-17H,5-8H2,(H,13,18). The summed E-state index contributed by atoms with van der Waals surface area (Å²) in [4.78, 5) is 13.3. The molecule has 2 rings (SSSR count). The smallest absolute Gasteiger partial charge is 0.322 e. The maximum Gasteiger partial charge on any atom is 0.322 e. The SMILES string of the molecule is O=C1NCCN1c1ccccc1NCC(O)CO. The molecule has 0 aromatic heterocycles. The second-order valence-corrected chi connectivity index (χ2v) is 4.12. The minimum atomic E-state index is -0.814. The zero-order valence-electron chi connectivity index (χ0n) is 9.97. The Labute approximate surface area is 105 Å². The van der Waals surface area contributed by atoms with Gasteiger partial charge in [0, 0.05) is 19.6 Å². The molecule has 1 heterocycles. The van der Waals surface area contributed by atoms with Gasteiger partial charge >= 0.3 is 6.03 Å². The Balaban J connectivity index is 2.12. The Bertz CT molecular complexity index is 425. The summed E-state index contributed by atoms with van der Waals surface area (Å²) < 4.78 is 0. The van der Waals surface area contributed by atoms with Crippen LogP contribution in [0.2, 0.25) is 0 Å². The van der Waals surface area contributed by atoms with E-state index in [-0.39, 0.29) is 19.2 Å². The molecule has 6 heteroatoms. The molecule has 0 bridgehead atoms. The van der Waals surface area contributed by atoms with Gasteiger partial charge in [-0.1, -0.05) is 12.1 Å². The highest BCUT2D eigenvalue weighted by Gasteiger charge is 2.23. The fourth-order valence-electron chi connectivity index (χ4n) is 1.85. The van der Waals surface area contributed by atoms with Crippen LogP contribution in [0.5, 0.6) is 0 Å². The van der Waals surface area contributed by atoms with Crippen LogP contribution in [0, 0.1) is 0 Å². The highest BCUT2D eigenvalue weighted by molar-refractivity contribution is 5.97. The summed E-state index contributed by atoms with van der Waals surface area (Å²) in [5.74, 6) is 0. The minimum Gasteiger partial charge on any atom is -0.394 e. The molecule has 18 heavy (non-hydrogen) atoms. The molecule has 2 amide bonds. The molecule has 1 aromatic rings. The second-order valence-electron chi connectivity index (χ2n) is 4.12. The highest BCUT2D eigenvalue weighted by Crippen LogP contribution is 2.26. The van der Waals surface area contributed by atoms with Crippen LogP contribution in [0.1, 0.15) is 0 Å². The van der Waals surface area contributed by atoms with Gasteiger partial charge < -0.3 is 20.8 Å². The number of amides is 2. The quantitative estimate of drug-likeness (QED) is 0.592. The van der Waals surface area contributed by atoms with Crippen molar-refractivity contribution < 1.29 is 15.0 Å². The van der Waals surface area contributed by atoms with Crippen LogP contribution >= 0.6 is 0 Å². The lowest BCUT2D eigenvalue weighted by Crippen LogP contribution is -2.29. The summed E-state index contributed by atoms with van der Waals surface area (Å²) in [7, 11) is 0. The number of anilines is 2. The first-order valence-corrected chi connectivity index (χ1v) is 5.89. The fourth-order valence-corrected chi connectivity index (χ4v) is 1.85. The number of aliphatic hydroxyl groups is 2. The predicted molar refractivity (Wildman–Crippen MR) is 68.8 cm³/mol. The number of rotatable bonds is 5. The van der Waals surface area contributed by atoms with Gasteiger partial charge in [0.15, 0.2) is 0 Å². The Morgan fingerprint density at radius 1 is 1.44 bits per heavy atom. The number of carbonyl (C=O) groups is 1. The molecule has 1 saturated heterocycles. The third kappa shape index (κ3) is 2.72. The van der Waals surface area contributed by atoms with Crippen molar-refractivity contribution >= 4 is 17.4 Å². The molecule has 1 unspecified atom stereocenters. The number of nitrogens with zero attached hydrogens (tertiary/aromatic N) is 1. The maximum atomic E-state index is 11.6. The van der Waals surface area contributed by atoms with E-state index >= 15 is 0 Å². The van der Waals surface area contributed by atoms with Crippen molar-refractivity contribution in [3.8, 4) is 0 Å². The summed E-state index contributed by atoms with van der Waals surface area (Å²) in [5, 5.41) is 23.9. The van der Waals surface area contributed by atoms with E-state index in [1.807, 2.05) is 24.3 Å². The third-order valence-electron chi connectivity index (χ3n) is 2.79. The normalized spacial score (nSPS) is 16.6. The molecule has 4 N–H and O–H groups in total. The Kier molecular flexibility index (Phi) is 4.01. The van der Waals surface area contributed by atoms with Crippen molar-refractivity contribution in [3.63, 3.8) is 0 Å². The second kappa shape index (κ2) is 5.70. The Hall–Kier alpha value is -1.79. The molecule has 1 aromatic carbocycles. The number of nitrogens with one attached hydrogen (secondary N) is 2. The average Bonchev–Trinajstić information content (AvgIpc) is 2.82. The van der Waals surface area contributed by atoms with Gasteiger partial charge in [-0.15, -0.1) is 0 Å². The predicted octanol–water partition coefficient (Wildman–Crippen LogP) is -0.0187. The van der Waals surface area contributed by atoms with Crippen LogP contribution in [-0.4, -0.2) is 48.6 Å². The van der Waals surface area contributed by atoms with Gasteiger partial charge in [-0.25, -0.2) is 4.79 Å². The van der Waals surface area contributed by atoms with E-state index in [9.17, 15) is 9.90 Å². The first-order chi connectivity index (χ1) is 8.72. The lowest BCUT2D eigenvalue weighted by molar-refractivity contribution is 0.105. The van der Waals surface area contributed by atoms with Gasteiger partial charge in [-0.05, 0) is 12.1 Å². The number of benzene rings is 1. The van der Waals surface area contributed by atoms with Crippen molar-refractivity contribution in [2.75, 3.05) is 36.5 Å². The molecular formula is C12H17N3O3. The summed E-state index contributed by atoms with van der Waals surface area (Å²) in [6, 6.07) is 7.27. The topological polar surface area (TPSA) is 84.8 Å². The van der Waals surface area contributed by atoms with Gasteiger partial charge in [0.2, 0.25) is 0 Å². The van der Waals surface area contributed by atoms with Gasteiger partial charge in [0.25, 0.3) is 0 Å². The zero-order chi connectivity index (χ0) is 13.0. The lowest BCUT2D eigenvalue weighted by atomic mass is 10.2. The number of hydrogen-bond donors (Lipinski definition) is 4. The van der Waals surface area contributed by atoms with Crippen LogP contribution in [0.3, 0.4) is 0 Å². The van der Waals surface area contributed by atoms with E-state index in [0.29, 0.717) is 13.1 Å². The average molecular weight is 251 g/mol. The number of carbonyl (C=O) groups excluding carboxylic acids is 1. The van der Waals surface area contributed by atoms with Gasteiger partial charge in [0.05, 0.1) is 24.1 Å². The summed E-state index contributed by atoms with van der Waals surface area (Å²) >= 11 is 0. The van der Waals surface area contributed by atoms with Crippen LogP contribution < -0.4 is 15.5 Å². The molecule has 0 aliphatic carbocycles. The van der Waals surface area contributed by atoms with Crippen LogP contribution in [0.4, 0.5) is 16.2 Å². The first kappa shape index (κ1) is 12.7. The molecule has 1 fully saturated rings. The van der Waals surface area contributed by atoms with E-state index in [0.717, 1.165) is 11.4 Å². The van der Waals surface area contributed by atoms with Crippen LogP contribution in [-0.2, 0) is 0 Å². The lowest BCUT2D eigenvalue weighted by Gasteiger charge is -2.20. The number of hydrogen-bond acceptors (Lipinski definition) is 4. The van der Waals surface area contributed by atoms with E-state index in [4.69, 9.17) is 5.11 Å². The van der Waals surface area contributed by atoms with Crippen molar-refractivity contribution in [2.24, 2.45) is 0 Å². The maximum absolute atomic E-state index is 11.6. The monoisotopic (exact) mass is 251 g/mol. The Morgan fingerprint density at radius 2 is 2.22 bits per heavy atom. The minimum absolute atomic E-state index is 0.119. The number of para-hydroxylation sites is 2. The summed E-state index contributed by atoms with van der Waals surface area (Å²) in [5.41, 5.74) is 1.54. The molecule has 1 atom stereocenters. The van der Waals surface area contributed by atoms with E-state index < -0.39 is 6.10 Å². The molecule has 1 aliphatic rings. The molecule has 0 saturated carbocycles. The van der Waals surface area contributed by atoms with Gasteiger partial charge in [-0.3, -0.25) is 4.90 Å². The molecule has 1 aliphatic heterocycles. The zero-order valence-corrected chi connectivity index (χ0v) is 9.97. The first-order valence-electron chi connectivity index (χ1n) is 5.89. The molecular weight excluding hydrogens is 234 g/mol. The third-order valence-corrected chi connectivity index (χ3v) is 2.79. The van der Waals surface area contributed by atoms with Crippen molar-refractivity contribution in [1.82, 2.24) is 5.32 Å². The van der Waals surface area contributed by atoms with E-state index in [1.165, 1.54) is 0 Å². The van der Waals surface area contributed by atoms with Crippen molar-refractivity contribution in [2.45, 2.75) is 6.10 Å². The summed E-state index contributed by atoms with van der Waals surface area (Å²) in [6.45, 7) is 1.20. The molecule has 0 radical (unpaired) electrons. The van der Waals surface area contributed by atoms with E-state index in [1.54, 1.807) is 4.90 Å². The molecule has 6 nitrogen and oxygen atoms in total. The summed E-state index contributed by atoms with van der Waals surface area (Å²) in [6.07, 6.45) is -0.814. The largest absolute Gasteiger partial charge is 0.394 e. The fraction of sp³-hybridized carbons (Fsp3) is 0.417. The molecule has 98 valence electrons. The van der Waals surface area contributed by atoms with Gasteiger partial charge in [-0.2, -0.15) is 0 Å². The van der Waals surface area contributed by atoms with Crippen LogP contribution in [0.25, 0.3) is 0 Å². The number of aliphatic hydroxyl groups excluding tert-OH is 2. The Morgan fingerprint density at radius 3 is 2.89 bits per heavy atom. The number of urea groups is 1.